The zero-order valence-electron chi connectivity index (χ0n) is 20.5. The Morgan fingerprint density at radius 2 is 1.79 bits per heavy atom. The van der Waals surface area contributed by atoms with Crippen LogP contribution in [0.3, 0.4) is 0 Å². The van der Waals surface area contributed by atoms with Gasteiger partial charge in [-0.05, 0) is 42.3 Å². The van der Waals surface area contributed by atoms with Crippen LogP contribution in [-0.4, -0.2) is 61.7 Å². The first-order chi connectivity index (χ1) is 18.0. The molecule has 2 aliphatic heterocycles. The molecule has 10 nitrogen and oxygen atoms in total. The summed E-state index contributed by atoms with van der Waals surface area (Å²) >= 11 is 0. The van der Waals surface area contributed by atoms with Crippen LogP contribution in [-0.2, 0) is 30.8 Å². The van der Waals surface area contributed by atoms with Crippen LogP contribution in [0.25, 0.3) is 0 Å². The van der Waals surface area contributed by atoms with Gasteiger partial charge in [-0.25, -0.2) is 9.48 Å². The average Bonchev–Trinajstić information content (AvgIpc) is 3.45. The SMILES string of the molecule is COc1ccc(Cn2nc3n(c(=O)c2=O)CC2(CCN(Cc4cccnc4)C2)C3)cc1.O=C(O)C(F)(F)F. The van der Waals surface area contributed by atoms with Gasteiger partial charge in [0, 0.05) is 43.9 Å². The molecule has 202 valence electrons. The smallest absolute Gasteiger partial charge is 0.490 e. The fourth-order valence-corrected chi connectivity index (χ4v) is 4.80. The monoisotopic (exact) mass is 533 g/mol. The maximum absolute atomic E-state index is 12.8. The van der Waals surface area contributed by atoms with Crippen molar-refractivity contribution in [3.05, 3.63) is 86.5 Å². The number of hydrogen-bond acceptors (Lipinski definition) is 7. The number of ether oxygens (including phenoxy) is 1. The Kier molecular flexibility index (Phi) is 7.67. The van der Waals surface area contributed by atoms with Gasteiger partial charge in [0.05, 0.1) is 13.7 Å². The summed E-state index contributed by atoms with van der Waals surface area (Å²) in [6.45, 7) is 3.53. The second kappa shape index (κ2) is 10.8. The van der Waals surface area contributed by atoms with Crippen LogP contribution in [0.2, 0.25) is 0 Å². The summed E-state index contributed by atoms with van der Waals surface area (Å²) < 4.78 is 39.8. The van der Waals surface area contributed by atoms with Crippen molar-refractivity contribution in [1.82, 2.24) is 24.2 Å². The predicted molar refractivity (Wildman–Crippen MR) is 129 cm³/mol. The van der Waals surface area contributed by atoms with E-state index in [0.29, 0.717) is 18.8 Å². The third kappa shape index (κ3) is 6.10. The lowest BCUT2D eigenvalue weighted by Crippen LogP contribution is -2.43. The van der Waals surface area contributed by atoms with E-state index in [-0.39, 0.29) is 12.0 Å². The number of carboxylic acids is 1. The molecule has 0 radical (unpaired) electrons. The topological polar surface area (TPSA) is 120 Å². The molecule has 13 heteroatoms. The van der Waals surface area contributed by atoms with E-state index in [2.05, 4.69) is 21.0 Å². The second-order valence-electron chi connectivity index (χ2n) is 9.42. The van der Waals surface area contributed by atoms with Crippen molar-refractivity contribution in [2.24, 2.45) is 5.41 Å². The number of likely N-dealkylation sites (tertiary alicyclic amines) is 1. The van der Waals surface area contributed by atoms with Crippen molar-refractivity contribution in [3.63, 3.8) is 0 Å². The number of hydrogen-bond donors (Lipinski definition) is 1. The number of fused-ring (bicyclic) bond motifs is 1. The van der Waals surface area contributed by atoms with E-state index in [1.165, 1.54) is 10.2 Å². The number of aliphatic carboxylic acids is 1. The normalized spacial score (nSPS) is 18.6. The lowest BCUT2D eigenvalue weighted by molar-refractivity contribution is -0.192. The Morgan fingerprint density at radius 1 is 1.08 bits per heavy atom. The molecular formula is C25H26F3N5O5. The van der Waals surface area contributed by atoms with E-state index in [1.54, 1.807) is 17.9 Å². The summed E-state index contributed by atoms with van der Waals surface area (Å²) in [7, 11) is 1.61. The van der Waals surface area contributed by atoms with Gasteiger partial charge in [-0.3, -0.25) is 24.0 Å². The molecule has 0 saturated carbocycles. The minimum absolute atomic E-state index is 0.0346. The average molecular weight is 534 g/mol. The van der Waals surface area contributed by atoms with Crippen molar-refractivity contribution < 1.29 is 27.8 Å². The zero-order chi connectivity index (χ0) is 27.5. The van der Waals surface area contributed by atoms with Gasteiger partial charge in [0.1, 0.15) is 11.6 Å². The predicted octanol–water partition coefficient (Wildman–Crippen LogP) is 1.94. The number of halogens is 3. The summed E-state index contributed by atoms with van der Waals surface area (Å²) in [6, 6.07) is 11.5. The fraction of sp³-hybridized carbons (Fsp3) is 0.400. The molecule has 5 rings (SSSR count). The molecule has 1 atom stereocenters. The van der Waals surface area contributed by atoms with Crippen LogP contribution >= 0.6 is 0 Å². The molecular weight excluding hydrogens is 507 g/mol. The molecule has 1 saturated heterocycles. The Morgan fingerprint density at radius 3 is 2.39 bits per heavy atom. The molecule has 1 fully saturated rings. The largest absolute Gasteiger partial charge is 0.497 e. The van der Waals surface area contributed by atoms with E-state index < -0.39 is 23.3 Å². The minimum Gasteiger partial charge on any atom is -0.497 e. The number of nitrogens with zero attached hydrogens (tertiary/aromatic N) is 5. The molecule has 1 unspecified atom stereocenters. The van der Waals surface area contributed by atoms with Crippen LogP contribution in [0.5, 0.6) is 5.75 Å². The molecule has 0 aliphatic carbocycles. The highest BCUT2D eigenvalue weighted by Crippen LogP contribution is 2.39. The van der Waals surface area contributed by atoms with Crippen LogP contribution in [0.4, 0.5) is 13.2 Å². The number of benzene rings is 1. The van der Waals surface area contributed by atoms with Crippen LogP contribution in [0, 0.1) is 5.41 Å². The Labute approximate surface area is 214 Å². The number of methoxy groups -OCH3 is 1. The number of carbonyl (C=O) groups is 1. The first-order valence-corrected chi connectivity index (χ1v) is 11.7. The van der Waals surface area contributed by atoms with Crippen molar-refractivity contribution in [2.45, 2.75) is 38.7 Å². The fourth-order valence-electron chi connectivity index (χ4n) is 4.80. The molecule has 0 bridgehead atoms. The molecule has 2 aromatic heterocycles. The number of alkyl halides is 3. The van der Waals surface area contributed by atoms with Gasteiger partial charge < -0.3 is 9.84 Å². The van der Waals surface area contributed by atoms with Crippen molar-refractivity contribution in [1.29, 1.82) is 0 Å². The van der Waals surface area contributed by atoms with Gasteiger partial charge in [0.2, 0.25) is 0 Å². The lowest BCUT2D eigenvalue weighted by atomic mass is 9.86. The van der Waals surface area contributed by atoms with Gasteiger partial charge in [0.25, 0.3) is 0 Å². The highest BCUT2D eigenvalue weighted by Gasteiger charge is 2.44. The molecule has 1 aromatic carbocycles. The van der Waals surface area contributed by atoms with Gasteiger partial charge in [-0.1, -0.05) is 18.2 Å². The summed E-state index contributed by atoms with van der Waals surface area (Å²) in [6.07, 6.45) is 0.298. The summed E-state index contributed by atoms with van der Waals surface area (Å²) in [5, 5.41) is 11.7. The molecule has 3 aromatic rings. The standard InChI is InChI=1S/C23H25N5O3.C2HF3O2/c1-31-19-6-4-17(5-7-19)14-28-22(30)21(29)27-16-23(11-20(27)25-28)8-10-26(15-23)13-18-3-2-9-24-12-18;3-2(4,5)1(6)7/h2-7,9,12H,8,10-11,13-16H2,1H3;(H,6,7). The zero-order valence-corrected chi connectivity index (χ0v) is 20.5. The van der Waals surface area contributed by atoms with Crippen LogP contribution in [0.1, 0.15) is 23.4 Å². The maximum atomic E-state index is 12.8. The molecule has 4 heterocycles. The van der Waals surface area contributed by atoms with E-state index in [0.717, 1.165) is 37.4 Å². The molecule has 1 spiro atoms. The van der Waals surface area contributed by atoms with Crippen molar-refractivity contribution in [3.8, 4) is 5.75 Å². The summed E-state index contributed by atoms with van der Waals surface area (Å²) in [5.74, 6) is -1.30. The highest BCUT2D eigenvalue weighted by atomic mass is 19.4. The van der Waals surface area contributed by atoms with Gasteiger partial charge >= 0.3 is 23.3 Å². The van der Waals surface area contributed by atoms with Crippen molar-refractivity contribution in [2.75, 3.05) is 20.2 Å². The van der Waals surface area contributed by atoms with E-state index >= 15 is 0 Å². The molecule has 1 N–H and O–H groups in total. The number of carboxylic acid groups (broad SMARTS) is 1. The molecule has 38 heavy (non-hydrogen) atoms. The minimum atomic E-state index is -5.08. The van der Waals surface area contributed by atoms with E-state index in [4.69, 9.17) is 14.6 Å². The van der Waals surface area contributed by atoms with E-state index in [1.807, 2.05) is 36.5 Å². The summed E-state index contributed by atoms with van der Waals surface area (Å²) in [4.78, 5) is 41.0. The Hall–Kier alpha value is -4.00. The van der Waals surface area contributed by atoms with Crippen molar-refractivity contribution >= 4 is 5.97 Å². The highest BCUT2D eigenvalue weighted by molar-refractivity contribution is 5.73. The Balaban J connectivity index is 0.000000426. The number of aromatic nitrogens is 4. The Bertz CT molecular complexity index is 1410. The first-order valence-electron chi connectivity index (χ1n) is 11.7. The van der Waals surface area contributed by atoms with Gasteiger partial charge in [-0.15, -0.1) is 0 Å². The first kappa shape index (κ1) is 27.0. The maximum Gasteiger partial charge on any atom is 0.490 e. The number of rotatable bonds is 5. The van der Waals surface area contributed by atoms with E-state index in [9.17, 15) is 22.8 Å². The second-order valence-corrected chi connectivity index (χ2v) is 9.42. The van der Waals surface area contributed by atoms with Gasteiger partial charge in [0.15, 0.2) is 0 Å². The third-order valence-electron chi connectivity index (χ3n) is 6.62. The third-order valence-corrected chi connectivity index (χ3v) is 6.62. The quantitative estimate of drug-likeness (QED) is 0.495. The van der Waals surface area contributed by atoms with Crippen LogP contribution in [0.15, 0.2) is 58.4 Å². The lowest BCUT2D eigenvalue weighted by Gasteiger charge is -2.22. The van der Waals surface area contributed by atoms with Crippen LogP contribution < -0.4 is 15.9 Å². The molecule has 2 aliphatic rings. The summed E-state index contributed by atoms with van der Waals surface area (Å²) in [5.41, 5.74) is 1.01. The molecule has 0 amide bonds. The number of pyridine rings is 1. The van der Waals surface area contributed by atoms with Gasteiger partial charge in [-0.2, -0.15) is 18.3 Å².